The largest absolute Gasteiger partial charge is 0.264 e. The third kappa shape index (κ3) is 18.7. The molecule has 2 heteroatoms. The molecular formula is C16H37NS. The fourth-order valence-corrected chi connectivity index (χ4v) is 2.16. The van der Waals surface area contributed by atoms with Crippen LogP contribution in [0.5, 0.6) is 0 Å². The van der Waals surface area contributed by atoms with Crippen LogP contribution in [0, 0.1) is 5.92 Å². The molecule has 0 bridgehead atoms. The maximum Gasteiger partial charge on any atom is 0.00610 e. The molecule has 0 aromatic carbocycles. The van der Waals surface area contributed by atoms with Gasteiger partial charge in [-0.05, 0) is 18.6 Å². The van der Waals surface area contributed by atoms with E-state index in [1.807, 2.05) is 0 Å². The summed E-state index contributed by atoms with van der Waals surface area (Å²) in [4.78, 5) is 0. The molecule has 0 aromatic rings. The predicted molar refractivity (Wildman–Crippen MR) is 89.3 cm³/mol. The molecule has 0 aliphatic heterocycles. The molecule has 0 spiro atoms. The van der Waals surface area contributed by atoms with Gasteiger partial charge in [0.05, 0.1) is 0 Å². The van der Waals surface area contributed by atoms with Crippen LogP contribution in [0.25, 0.3) is 0 Å². The number of rotatable bonds is 5. The van der Waals surface area contributed by atoms with Gasteiger partial charge in [0, 0.05) is 6.54 Å². The summed E-state index contributed by atoms with van der Waals surface area (Å²) < 4.78 is 3.31. The first kappa shape index (κ1) is 20.6. The molecule has 1 saturated carbocycles. The van der Waals surface area contributed by atoms with E-state index in [2.05, 4.69) is 38.7 Å². The van der Waals surface area contributed by atoms with Crippen LogP contribution in [0.15, 0.2) is 0 Å². The standard InChI is InChI=1S/C9H19NS.C4H10.C3H8/c1-11-10-8-7-9-5-3-2-4-6-9;1-3-4-2;1-3-2/h9-10H,2-8H2,1H3;3-4H2,1-2H3;3H2,1-2H3. The highest BCUT2D eigenvalue weighted by molar-refractivity contribution is 7.96. The van der Waals surface area contributed by atoms with E-state index < -0.39 is 0 Å². The molecule has 1 aliphatic rings. The van der Waals surface area contributed by atoms with Crippen molar-refractivity contribution in [1.82, 2.24) is 4.72 Å². The fraction of sp³-hybridized carbons (Fsp3) is 1.00. The number of nitrogens with one attached hydrogen (secondary N) is 1. The molecule has 0 amide bonds. The average Bonchev–Trinajstić information content (AvgIpc) is 2.41. The van der Waals surface area contributed by atoms with Gasteiger partial charge in [-0.15, -0.1) is 0 Å². The first-order chi connectivity index (χ1) is 8.76. The van der Waals surface area contributed by atoms with Crippen LogP contribution in [0.3, 0.4) is 0 Å². The lowest BCUT2D eigenvalue weighted by molar-refractivity contribution is 0.341. The van der Waals surface area contributed by atoms with Gasteiger partial charge < -0.3 is 0 Å². The minimum Gasteiger partial charge on any atom is -0.264 e. The van der Waals surface area contributed by atoms with E-state index in [9.17, 15) is 0 Å². The molecular weight excluding hydrogens is 238 g/mol. The quantitative estimate of drug-likeness (QED) is 0.484. The highest BCUT2D eigenvalue weighted by atomic mass is 32.2. The summed E-state index contributed by atoms with van der Waals surface area (Å²) in [6.07, 6.45) is 14.8. The molecule has 0 aromatic heterocycles. The summed E-state index contributed by atoms with van der Waals surface area (Å²) in [7, 11) is 0. The number of hydrogen-bond acceptors (Lipinski definition) is 2. The molecule has 1 aliphatic carbocycles. The van der Waals surface area contributed by atoms with E-state index >= 15 is 0 Å². The van der Waals surface area contributed by atoms with Crippen molar-refractivity contribution < 1.29 is 0 Å². The topological polar surface area (TPSA) is 12.0 Å². The molecule has 0 unspecified atom stereocenters. The number of hydrogen-bond donors (Lipinski definition) is 1. The van der Waals surface area contributed by atoms with Gasteiger partial charge in [-0.25, -0.2) is 0 Å². The molecule has 1 rings (SSSR count). The van der Waals surface area contributed by atoms with Crippen LogP contribution in [0.4, 0.5) is 0 Å². The first-order valence-corrected chi connectivity index (χ1v) is 9.24. The maximum atomic E-state index is 3.31. The van der Waals surface area contributed by atoms with Crippen molar-refractivity contribution >= 4 is 11.9 Å². The van der Waals surface area contributed by atoms with Crippen molar-refractivity contribution in [3.05, 3.63) is 0 Å². The van der Waals surface area contributed by atoms with E-state index in [0.717, 1.165) is 5.92 Å². The Kier molecular flexibility index (Phi) is 22.5. The normalized spacial score (nSPS) is 15.2. The Morgan fingerprint density at radius 2 is 1.44 bits per heavy atom. The SMILES string of the molecule is CCC.CCCC.CSNCCC1CCCCC1. The summed E-state index contributed by atoms with van der Waals surface area (Å²) >= 11 is 1.74. The molecule has 1 fully saturated rings. The molecule has 0 radical (unpaired) electrons. The highest BCUT2D eigenvalue weighted by Gasteiger charge is 2.11. The first-order valence-electron chi connectivity index (χ1n) is 8.02. The maximum absolute atomic E-state index is 3.31. The van der Waals surface area contributed by atoms with Gasteiger partial charge in [-0.2, -0.15) is 0 Å². The lowest BCUT2D eigenvalue weighted by Crippen LogP contribution is -2.13. The van der Waals surface area contributed by atoms with Crippen molar-refractivity contribution in [3.63, 3.8) is 0 Å². The number of unbranched alkanes of at least 4 members (excludes halogenated alkanes) is 1. The predicted octanol–water partition coefficient (Wildman–Crippen LogP) is 6.05. The highest BCUT2D eigenvalue weighted by Crippen LogP contribution is 2.25. The van der Waals surface area contributed by atoms with Crippen molar-refractivity contribution in [2.75, 3.05) is 12.8 Å². The summed E-state index contributed by atoms with van der Waals surface area (Å²) in [5.74, 6) is 1.03. The van der Waals surface area contributed by atoms with Crippen LogP contribution in [-0.2, 0) is 0 Å². The van der Waals surface area contributed by atoms with Gasteiger partial charge in [-0.3, -0.25) is 4.72 Å². The molecule has 112 valence electrons. The Morgan fingerprint density at radius 1 is 0.944 bits per heavy atom. The minimum atomic E-state index is 1.03. The van der Waals surface area contributed by atoms with Crippen LogP contribution in [0.2, 0.25) is 0 Å². The summed E-state index contributed by atoms with van der Waals surface area (Å²) in [5, 5.41) is 0. The Labute approximate surface area is 121 Å². The smallest absolute Gasteiger partial charge is 0.00610 e. The van der Waals surface area contributed by atoms with Crippen molar-refractivity contribution in [2.24, 2.45) is 5.92 Å². The van der Waals surface area contributed by atoms with Crippen molar-refractivity contribution in [1.29, 1.82) is 0 Å². The zero-order chi connectivity index (χ0) is 14.1. The molecule has 0 atom stereocenters. The summed E-state index contributed by atoms with van der Waals surface area (Å²) in [6.45, 7) is 9.81. The van der Waals surface area contributed by atoms with E-state index in [4.69, 9.17) is 0 Å². The van der Waals surface area contributed by atoms with Crippen LogP contribution < -0.4 is 4.72 Å². The third-order valence-electron chi connectivity index (χ3n) is 3.02. The van der Waals surface area contributed by atoms with Gasteiger partial charge in [0.1, 0.15) is 0 Å². The second-order valence-corrected chi connectivity index (χ2v) is 5.80. The van der Waals surface area contributed by atoms with Crippen molar-refractivity contribution in [2.45, 2.75) is 85.5 Å². The third-order valence-corrected chi connectivity index (χ3v) is 3.52. The molecule has 1 nitrogen and oxygen atoms in total. The second-order valence-electron chi connectivity index (χ2n) is 5.10. The lowest BCUT2D eigenvalue weighted by Gasteiger charge is -2.21. The molecule has 1 N–H and O–H groups in total. The van der Waals surface area contributed by atoms with Gasteiger partial charge >= 0.3 is 0 Å². The molecule has 18 heavy (non-hydrogen) atoms. The van der Waals surface area contributed by atoms with Crippen LogP contribution in [0.1, 0.15) is 85.5 Å². The van der Waals surface area contributed by atoms with Gasteiger partial charge in [0.15, 0.2) is 0 Å². The monoisotopic (exact) mass is 275 g/mol. The Balaban J connectivity index is 0. The van der Waals surface area contributed by atoms with Gasteiger partial charge in [0.2, 0.25) is 0 Å². The average molecular weight is 276 g/mol. The van der Waals surface area contributed by atoms with Crippen LogP contribution >= 0.6 is 11.9 Å². The fourth-order valence-electron chi connectivity index (χ4n) is 1.84. The van der Waals surface area contributed by atoms with E-state index in [-0.39, 0.29) is 0 Å². The van der Waals surface area contributed by atoms with E-state index in [0.29, 0.717) is 0 Å². The zero-order valence-electron chi connectivity index (χ0n) is 13.6. The lowest BCUT2D eigenvalue weighted by atomic mass is 9.87. The Bertz CT molecular complexity index is 120. The zero-order valence-corrected chi connectivity index (χ0v) is 14.4. The molecule has 0 saturated heterocycles. The van der Waals surface area contributed by atoms with Crippen molar-refractivity contribution in [3.8, 4) is 0 Å². The van der Waals surface area contributed by atoms with E-state index in [1.54, 1.807) is 11.9 Å². The van der Waals surface area contributed by atoms with Gasteiger partial charge in [0.25, 0.3) is 0 Å². The summed E-state index contributed by atoms with van der Waals surface area (Å²) in [6, 6.07) is 0. The van der Waals surface area contributed by atoms with Gasteiger partial charge in [-0.1, -0.05) is 91.0 Å². The summed E-state index contributed by atoms with van der Waals surface area (Å²) in [5.41, 5.74) is 0. The van der Waals surface area contributed by atoms with E-state index in [1.165, 1.54) is 64.3 Å². The molecule has 0 heterocycles. The minimum absolute atomic E-state index is 1.03. The Morgan fingerprint density at radius 3 is 1.83 bits per heavy atom. The Hall–Kier alpha value is 0.310. The van der Waals surface area contributed by atoms with Crippen LogP contribution in [-0.4, -0.2) is 12.8 Å². The second kappa shape index (κ2) is 19.6.